The van der Waals surface area contributed by atoms with E-state index in [0.717, 1.165) is 30.4 Å². The number of rotatable bonds is 2. The fourth-order valence-corrected chi connectivity index (χ4v) is 2.68. The van der Waals surface area contributed by atoms with Gasteiger partial charge in [-0.3, -0.25) is 0 Å². The Morgan fingerprint density at radius 1 is 1.19 bits per heavy atom. The first-order valence-electron chi connectivity index (χ1n) is 6.17. The first-order chi connectivity index (χ1) is 7.63. The highest BCUT2D eigenvalue weighted by Crippen LogP contribution is 2.42. The maximum atomic E-state index is 14.9. The zero-order valence-electron chi connectivity index (χ0n) is 9.88. The summed E-state index contributed by atoms with van der Waals surface area (Å²) in [5.74, 6) is 0. The smallest absolute Gasteiger partial charge is 0.136 e. The lowest BCUT2D eigenvalue weighted by Crippen LogP contribution is -2.26. The van der Waals surface area contributed by atoms with Gasteiger partial charge in [0.15, 0.2) is 0 Å². The van der Waals surface area contributed by atoms with Gasteiger partial charge in [0.2, 0.25) is 0 Å². The molecule has 1 aromatic carbocycles. The van der Waals surface area contributed by atoms with Crippen molar-refractivity contribution in [1.29, 1.82) is 0 Å². The summed E-state index contributed by atoms with van der Waals surface area (Å²) in [5.41, 5.74) is 6.57. The van der Waals surface area contributed by atoms with Crippen LogP contribution < -0.4 is 5.73 Å². The van der Waals surface area contributed by atoms with Crippen LogP contribution in [-0.2, 0) is 5.67 Å². The van der Waals surface area contributed by atoms with Crippen molar-refractivity contribution in [2.24, 2.45) is 5.73 Å². The molecular formula is C14H20FN. The molecule has 0 aromatic heterocycles. The zero-order valence-corrected chi connectivity index (χ0v) is 9.88. The molecule has 0 radical (unpaired) electrons. The number of nitrogens with two attached hydrogens (primary N) is 1. The van der Waals surface area contributed by atoms with Crippen LogP contribution in [-0.4, -0.2) is 0 Å². The Balaban J connectivity index is 2.38. The molecule has 1 saturated carbocycles. The highest BCUT2D eigenvalue weighted by molar-refractivity contribution is 5.34. The third kappa shape index (κ3) is 2.12. The van der Waals surface area contributed by atoms with Gasteiger partial charge in [0.1, 0.15) is 5.67 Å². The van der Waals surface area contributed by atoms with Crippen molar-refractivity contribution in [3.05, 3.63) is 35.4 Å². The van der Waals surface area contributed by atoms with Crippen LogP contribution >= 0.6 is 0 Å². The fourth-order valence-electron chi connectivity index (χ4n) is 2.68. The lowest BCUT2D eigenvalue weighted by Gasteiger charge is -2.32. The van der Waals surface area contributed by atoms with Crippen LogP contribution in [0.5, 0.6) is 0 Å². The molecule has 88 valence electrons. The van der Waals surface area contributed by atoms with Crippen LogP contribution in [0.2, 0.25) is 0 Å². The Morgan fingerprint density at radius 3 is 2.44 bits per heavy atom. The monoisotopic (exact) mass is 221 g/mol. The Bertz CT molecular complexity index is 354. The molecule has 0 aliphatic heterocycles. The summed E-state index contributed by atoms with van der Waals surface area (Å²) in [6, 6.07) is 7.62. The van der Waals surface area contributed by atoms with E-state index in [9.17, 15) is 4.39 Å². The van der Waals surface area contributed by atoms with Crippen LogP contribution in [0.15, 0.2) is 24.3 Å². The summed E-state index contributed by atoms with van der Waals surface area (Å²) < 4.78 is 14.9. The lowest BCUT2D eigenvalue weighted by atomic mass is 9.78. The molecule has 0 heterocycles. The van der Waals surface area contributed by atoms with Gasteiger partial charge in [-0.25, -0.2) is 4.39 Å². The summed E-state index contributed by atoms with van der Waals surface area (Å²) in [6.45, 7) is 1.92. The van der Waals surface area contributed by atoms with Crippen LogP contribution in [0, 0.1) is 0 Å². The molecule has 0 saturated heterocycles. The average Bonchev–Trinajstić information content (AvgIpc) is 2.30. The molecule has 1 fully saturated rings. The predicted octanol–water partition coefficient (Wildman–Crippen LogP) is 3.84. The number of halogens is 1. The van der Waals surface area contributed by atoms with Crippen molar-refractivity contribution in [2.75, 3.05) is 0 Å². The summed E-state index contributed by atoms with van der Waals surface area (Å²) in [6.07, 6.45) is 4.44. The maximum Gasteiger partial charge on any atom is 0.136 e. The maximum absolute atomic E-state index is 14.9. The van der Waals surface area contributed by atoms with Crippen molar-refractivity contribution >= 4 is 0 Å². The molecule has 0 amide bonds. The van der Waals surface area contributed by atoms with Crippen LogP contribution in [0.25, 0.3) is 0 Å². The molecule has 0 spiro atoms. The fraction of sp³-hybridized carbons (Fsp3) is 0.571. The molecule has 1 atom stereocenters. The SMILES string of the molecule is CC(N)c1ccccc1C1(F)CCCCC1. The molecule has 2 rings (SSSR count). The van der Waals surface area contributed by atoms with Crippen molar-refractivity contribution in [1.82, 2.24) is 0 Å². The average molecular weight is 221 g/mol. The second kappa shape index (κ2) is 4.54. The molecule has 16 heavy (non-hydrogen) atoms. The van der Waals surface area contributed by atoms with Gasteiger partial charge in [0.05, 0.1) is 0 Å². The number of hydrogen-bond donors (Lipinski definition) is 1. The first-order valence-corrected chi connectivity index (χ1v) is 6.17. The van der Waals surface area contributed by atoms with Gasteiger partial charge >= 0.3 is 0 Å². The van der Waals surface area contributed by atoms with E-state index in [2.05, 4.69) is 0 Å². The van der Waals surface area contributed by atoms with E-state index < -0.39 is 5.67 Å². The Morgan fingerprint density at radius 2 is 1.81 bits per heavy atom. The van der Waals surface area contributed by atoms with Gasteiger partial charge < -0.3 is 5.73 Å². The second-order valence-corrected chi connectivity index (χ2v) is 4.90. The molecule has 1 unspecified atom stereocenters. The normalized spacial score (nSPS) is 21.7. The summed E-state index contributed by atoms with van der Waals surface area (Å²) in [5, 5.41) is 0. The zero-order chi connectivity index (χ0) is 11.6. The minimum Gasteiger partial charge on any atom is -0.324 e. The molecule has 1 aliphatic carbocycles. The second-order valence-electron chi connectivity index (χ2n) is 4.90. The van der Waals surface area contributed by atoms with E-state index in [0.29, 0.717) is 12.8 Å². The van der Waals surface area contributed by atoms with E-state index in [1.165, 1.54) is 0 Å². The minimum atomic E-state index is -1.14. The largest absolute Gasteiger partial charge is 0.324 e. The topological polar surface area (TPSA) is 26.0 Å². The highest BCUT2D eigenvalue weighted by Gasteiger charge is 2.35. The Hall–Kier alpha value is -0.890. The minimum absolute atomic E-state index is 0.0919. The van der Waals surface area contributed by atoms with Gasteiger partial charge in [0, 0.05) is 6.04 Å². The predicted molar refractivity (Wildman–Crippen MR) is 64.9 cm³/mol. The third-order valence-electron chi connectivity index (χ3n) is 3.58. The molecule has 1 aromatic rings. The van der Waals surface area contributed by atoms with E-state index in [-0.39, 0.29) is 6.04 Å². The summed E-state index contributed by atoms with van der Waals surface area (Å²) in [4.78, 5) is 0. The van der Waals surface area contributed by atoms with Gasteiger partial charge in [-0.05, 0) is 43.7 Å². The number of hydrogen-bond acceptors (Lipinski definition) is 1. The molecular weight excluding hydrogens is 201 g/mol. The molecule has 1 aliphatic rings. The molecule has 1 nitrogen and oxygen atoms in total. The van der Waals surface area contributed by atoms with E-state index in [1.807, 2.05) is 31.2 Å². The van der Waals surface area contributed by atoms with Crippen LogP contribution in [0.3, 0.4) is 0 Å². The molecule has 2 N–H and O–H groups in total. The number of benzene rings is 1. The summed E-state index contributed by atoms with van der Waals surface area (Å²) in [7, 11) is 0. The van der Waals surface area contributed by atoms with Gasteiger partial charge in [-0.15, -0.1) is 0 Å². The van der Waals surface area contributed by atoms with E-state index >= 15 is 0 Å². The quantitative estimate of drug-likeness (QED) is 0.806. The highest BCUT2D eigenvalue weighted by atomic mass is 19.1. The van der Waals surface area contributed by atoms with E-state index in [1.54, 1.807) is 0 Å². The van der Waals surface area contributed by atoms with Crippen molar-refractivity contribution in [3.63, 3.8) is 0 Å². The molecule has 0 bridgehead atoms. The van der Waals surface area contributed by atoms with Crippen LogP contribution in [0.4, 0.5) is 4.39 Å². The van der Waals surface area contributed by atoms with Gasteiger partial charge in [-0.1, -0.05) is 30.7 Å². The van der Waals surface area contributed by atoms with Crippen molar-refractivity contribution in [3.8, 4) is 0 Å². The Kier molecular flexibility index (Phi) is 3.29. The standard InChI is InChI=1S/C14H20FN/c1-11(16)12-7-3-4-8-13(12)14(15)9-5-2-6-10-14/h3-4,7-8,11H,2,5-6,9-10,16H2,1H3. The lowest BCUT2D eigenvalue weighted by molar-refractivity contribution is 0.104. The number of alkyl halides is 1. The summed E-state index contributed by atoms with van der Waals surface area (Å²) >= 11 is 0. The third-order valence-corrected chi connectivity index (χ3v) is 3.58. The van der Waals surface area contributed by atoms with Crippen molar-refractivity contribution in [2.45, 2.75) is 50.7 Å². The van der Waals surface area contributed by atoms with Gasteiger partial charge in [0.25, 0.3) is 0 Å². The van der Waals surface area contributed by atoms with Crippen molar-refractivity contribution < 1.29 is 4.39 Å². The molecule has 2 heteroatoms. The van der Waals surface area contributed by atoms with E-state index in [4.69, 9.17) is 5.73 Å². The van der Waals surface area contributed by atoms with Gasteiger partial charge in [-0.2, -0.15) is 0 Å². The Labute approximate surface area is 96.9 Å². The first kappa shape index (κ1) is 11.6. The van der Waals surface area contributed by atoms with Crippen LogP contribution in [0.1, 0.15) is 56.2 Å².